The first-order chi connectivity index (χ1) is 5.49. The Morgan fingerprint density at radius 3 is 2.42 bits per heavy atom. The Bertz CT molecular complexity index is 126. The molecule has 0 aliphatic heterocycles. The van der Waals surface area contributed by atoms with Crippen LogP contribution in [0.2, 0.25) is 0 Å². The summed E-state index contributed by atoms with van der Waals surface area (Å²) in [7, 11) is 0. The van der Waals surface area contributed by atoms with E-state index in [1.807, 2.05) is 17.8 Å². The molecule has 0 aromatic carbocycles. The fourth-order valence-electron chi connectivity index (χ4n) is 0.812. The monoisotopic (exact) mass is 187 g/mol. The first-order valence-electron chi connectivity index (χ1n) is 4.49. The van der Waals surface area contributed by atoms with Crippen molar-refractivity contribution in [1.29, 1.82) is 0 Å². The zero-order valence-electron chi connectivity index (χ0n) is 8.68. The molecular weight excluding hydrogens is 166 g/mol. The van der Waals surface area contributed by atoms with E-state index in [1.165, 1.54) is 0 Å². The van der Waals surface area contributed by atoms with Crippen LogP contribution in [0.3, 0.4) is 0 Å². The number of nitrogens with one attached hydrogen (secondary N) is 1. The van der Waals surface area contributed by atoms with Gasteiger partial charge in [0.2, 0.25) is 0 Å². The van der Waals surface area contributed by atoms with Crippen molar-refractivity contribution in [1.82, 2.24) is 5.32 Å². The highest BCUT2D eigenvalue weighted by Gasteiger charge is 2.12. The van der Waals surface area contributed by atoms with Crippen molar-refractivity contribution in [3.63, 3.8) is 0 Å². The van der Waals surface area contributed by atoms with Gasteiger partial charge in [-0.3, -0.25) is 0 Å². The second kappa shape index (κ2) is 5.65. The Balaban J connectivity index is 3.65. The van der Waals surface area contributed by atoms with Crippen LogP contribution < -0.4 is 5.32 Å². The van der Waals surface area contributed by atoms with Gasteiger partial charge in [-0.05, 0) is 6.54 Å². The van der Waals surface area contributed by atoms with Crippen molar-refractivity contribution in [3.8, 4) is 0 Å². The van der Waals surface area contributed by atoms with Crippen LogP contribution in [-0.4, -0.2) is 23.1 Å². The summed E-state index contributed by atoms with van der Waals surface area (Å²) in [5, 5.41) is 3.37. The van der Waals surface area contributed by atoms with Gasteiger partial charge < -0.3 is 5.32 Å². The van der Waals surface area contributed by atoms with E-state index in [4.69, 9.17) is 0 Å². The summed E-state index contributed by atoms with van der Waals surface area (Å²) in [5.41, 5.74) is 0. The normalized spacial score (nSPS) is 14.3. The maximum absolute atomic E-state index is 3.80. The van der Waals surface area contributed by atoms with Crippen LogP contribution in [0.4, 0.5) is 0 Å². The molecule has 1 N–H and O–H groups in total. The molecule has 12 heavy (non-hydrogen) atoms. The van der Waals surface area contributed by atoms with Crippen LogP contribution in [0.5, 0.6) is 0 Å². The van der Waals surface area contributed by atoms with Crippen LogP contribution in [0.15, 0.2) is 12.7 Å². The van der Waals surface area contributed by atoms with E-state index >= 15 is 0 Å². The standard InChI is InChI=1S/C10H21NS/c1-6-9(11-7-2)8-12-10(3,4)5/h6,9,11H,1,7-8H2,2-5H3. The molecule has 1 unspecified atom stereocenters. The highest BCUT2D eigenvalue weighted by molar-refractivity contribution is 8.00. The number of likely N-dealkylation sites (N-methyl/N-ethyl adjacent to an activating group) is 1. The molecule has 0 aromatic heterocycles. The van der Waals surface area contributed by atoms with Crippen LogP contribution in [0.1, 0.15) is 27.7 Å². The lowest BCUT2D eigenvalue weighted by molar-refractivity contribution is 0.665. The highest BCUT2D eigenvalue weighted by Crippen LogP contribution is 2.23. The largest absolute Gasteiger partial charge is 0.310 e. The lowest BCUT2D eigenvalue weighted by Crippen LogP contribution is -2.30. The average Bonchev–Trinajstić information content (AvgIpc) is 1.96. The molecule has 0 rings (SSSR count). The Kier molecular flexibility index (Phi) is 5.68. The van der Waals surface area contributed by atoms with Crippen LogP contribution in [0.25, 0.3) is 0 Å². The van der Waals surface area contributed by atoms with Gasteiger partial charge in [0.05, 0.1) is 0 Å². The summed E-state index contributed by atoms with van der Waals surface area (Å²) < 4.78 is 0.358. The minimum Gasteiger partial charge on any atom is -0.310 e. The SMILES string of the molecule is C=CC(CSC(C)(C)C)NCC. The average molecular weight is 187 g/mol. The Labute approximate surface area is 81.0 Å². The summed E-state index contributed by atoms with van der Waals surface area (Å²) >= 11 is 1.97. The third kappa shape index (κ3) is 6.74. The second-order valence-corrected chi connectivity index (χ2v) is 5.67. The van der Waals surface area contributed by atoms with Crippen LogP contribution in [-0.2, 0) is 0 Å². The highest BCUT2D eigenvalue weighted by atomic mass is 32.2. The predicted octanol–water partition coefficient (Wildman–Crippen LogP) is 2.68. The van der Waals surface area contributed by atoms with Gasteiger partial charge in [0.15, 0.2) is 0 Å². The van der Waals surface area contributed by atoms with Gasteiger partial charge in [-0.15, -0.1) is 6.58 Å². The summed E-state index contributed by atoms with van der Waals surface area (Å²) in [5.74, 6) is 1.11. The number of rotatable bonds is 5. The molecule has 1 nitrogen and oxygen atoms in total. The van der Waals surface area contributed by atoms with Gasteiger partial charge in [-0.25, -0.2) is 0 Å². The van der Waals surface area contributed by atoms with Gasteiger partial charge in [-0.2, -0.15) is 11.8 Å². The molecule has 0 saturated carbocycles. The van der Waals surface area contributed by atoms with Crippen molar-refractivity contribution < 1.29 is 0 Å². The van der Waals surface area contributed by atoms with Gasteiger partial charge in [0, 0.05) is 16.5 Å². The number of hydrogen-bond donors (Lipinski definition) is 1. The van der Waals surface area contributed by atoms with Crippen molar-refractivity contribution in [2.24, 2.45) is 0 Å². The molecule has 2 heteroatoms. The first kappa shape index (κ1) is 12.0. The molecule has 72 valence electrons. The zero-order chi connectivity index (χ0) is 9.61. The van der Waals surface area contributed by atoms with E-state index in [0.29, 0.717) is 10.8 Å². The third-order valence-corrected chi connectivity index (χ3v) is 2.84. The topological polar surface area (TPSA) is 12.0 Å². The van der Waals surface area contributed by atoms with Crippen LogP contribution >= 0.6 is 11.8 Å². The van der Waals surface area contributed by atoms with E-state index in [1.54, 1.807) is 0 Å². The number of hydrogen-bond acceptors (Lipinski definition) is 2. The van der Waals surface area contributed by atoms with Gasteiger partial charge in [0.25, 0.3) is 0 Å². The molecule has 0 saturated heterocycles. The Morgan fingerprint density at radius 1 is 1.50 bits per heavy atom. The zero-order valence-corrected chi connectivity index (χ0v) is 9.50. The van der Waals surface area contributed by atoms with E-state index in [2.05, 4.69) is 39.6 Å². The minimum absolute atomic E-state index is 0.358. The van der Waals surface area contributed by atoms with Gasteiger partial charge in [-0.1, -0.05) is 33.8 Å². The lowest BCUT2D eigenvalue weighted by atomic mass is 10.3. The minimum atomic E-state index is 0.358. The first-order valence-corrected chi connectivity index (χ1v) is 5.48. The lowest BCUT2D eigenvalue weighted by Gasteiger charge is -2.21. The molecule has 0 amide bonds. The third-order valence-electron chi connectivity index (χ3n) is 1.45. The fourth-order valence-corrected chi connectivity index (χ4v) is 1.75. The summed E-state index contributed by atoms with van der Waals surface area (Å²) in [6, 6.07) is 0.458. The van der Waals surface area contributed by atoms with Crippen molar-refractivity contribution >= 4 is 11.8 Å². The summed E-state index contributed by atoms with van der Waals surface area (Å²) in [4.78, 5) is 0. The quantitative estimate of drug-likeness (QED) is 0.664. The molecule has 0 bridgehead atoms. The molecule has 0 aliphatic carbocycles. The molecule has 0 aliphatic rings. The molecule has 0 aromatic rings. The van der Waals surface area contributed by atoms with E-state index in [0.717, 1.165) is 12.3 Å². The second-order valence-electron chi connectivity index (χ2n) is 3.82. The van der Waals surface area contributed by atoms with Gasteiger partial charge >= 0.3 is 0 Å². The molecule has 0 spiro atoms. The van der Waals surface area contributed by atoms with Crippen LogP contribution in [0, 0.1) is 0 Å². The number of thioether (sulfide) groups is 1. The van der Waals surface area contributed by atoms with Crippen molar-refractivity contribution in [2.75, 3.05) is 12.3 Å². The fraction of sp³-hybridized carbons (Fsp3) is 0.800. The predicted molar refractivity (Wildman–Crippen MR) is 59.9 cm³/mol. The summed E-state index contributed by atoms with van der Waals surface area (Å²) in [6.45, 7) is 13.7. The van der Waals surface area contributed by atoms with E-state index < -0.39 is 0 Å². The van der Waals surface area contributed by atoms with Gasteiger partial charge in [0.1, 0.15) is 0 Å². The Morgan fingerprint density at radius 2 is 2.08 bits per heavy atom. The molecule has 0 radical (unpaired) electrons. The van der Waals surface area contributed by atoms with E-state index in [9.17, 15) is 0 Å². The Hall–Kier alpha value is 0.0500. The molecule has 0 heterocycles. The smallest absolute Gasteiger partial charge is 0.0338 e. The molecule has 0 fully saturated rings. The maximum atomic E-state index is 3.80. The van der Waals surface area contributed by atoms with Crippen molar-refractivity contribution in [3.05, 3.63) is 12.7 Å². The van der Waals surface area contributed by atoms with E-state index in [-0.39, 0.29) is 0 Å². The van der Waals surface area contributed by atoms with Crippen molar-refractivity contribution in [2.45, 2.75) is 38.5 Å². The summed E-state index contributed by atoms with van der Waals surface area (Å²) in [6.07, 6.45) is 1.99. The molecular formula is C10H21NS. The maximum Gasteiger partial charge on any atom is 0.0338 e. The molecule has 1 atom stereocenters.